The summed E-state index contributed by atoms with van der Waals surface area (Å²) in [5.74, 6) is -1.59. The number of aromatic amines is 1. The smallest absolute Gasteiger partial charge is 0.406 e. The summed E-state index contributed by atoms with van der Waals surface area (Å²) >= 11 is 0. The Kier molecular flexibility index (Phi) is 7.67. The third kappa shape index (κ3) is 6.41. The number of benzene rings is 2. The fourth-order valence-corrected chi connectivity index (χ4v) is 3.60. The molecule has 0 saturated heterocycles. The van der Waals surface area contributed by atoms with Crippen LogP contribution in [0, 0.1) is 20.8 Å². The fourth-order valence-electron chi connectivity index (χ4n) is 3.60. The zero-order valence-corrected chi connectivity index (χ0v) is 19.8. The first kappa shape index (κ1) is 26.3. The fraction of sp³-hybridized carbons (Fsp3) is 0.192. The molecule has 3 rings (SSSR count). The molecule has 0 spiro atoms. The highest BCUT2D eigenvalue weighted by atomic mass is 19.4. The van der Waals surface area contributed by atoms with Gasteiger partial charge in [-0.15, -0.1) is 13.2 Å². The molecule has 0 bridgehead atoms. The molecule has 0 aliphatic carbocycles. The van der Waals surface area contributed by atoms with Gasteiger partial charge in [0.2, 0.25) is 0 Å². The largest absolute Gasteiger partial charge is 0.573 e. The van der Waals surface area contributed by atoms with Gasteiger partial charge in [0.1, 0.15) is 5.75 Å². The third-order valence-electron chi connectivity index (χ3n) is 5.37. The highest BCUT2D eigenvalue weighted by molar-refractivity contribution is 5.98. The van der Waals surface area contributed by atoms with Crippen molar-refractivity contribution in [1.82, 2.24) is 15.4 Å². The summed E-state index contributed by atoms with van der Waals surface area (Å²) < 4.78 is 41.2. The van der Waals surface area contributed by atoms with Gasteiger partial charge in [0.05, 0.1) is 6.54 Å². The van der Waals surface area contributed by atoms with E-state index >= 15 is 0 Å². The molecule has 0 fully saturated rings. The molecule has 1 aromatic heterocycles. The molecule has 36 heavy (non-hydrogen) atoms. The minimum absolute atomic E-state index is 0.201. The molecule has 0 unspecified atom stereocenters. The summed E-state index contributed by atoms with van der Waals surface area (Å²) in [5, 5.41) is 1.03. The van der Waals surface area contributed by atoms with E-state index in [0.717, 1.165) is 11.1 Å². The number of alkyl halides is 3. The predicted octanol–water partition coefficient (Wildman–Crippen LogP) is 4.73. The van der Waals surface area contributed by atoms with Crippen molar-refractivity contribution >= 4 is 11.8 Å². The van der Waals surface area contributed by atoms with Crippen LogP contribution in [0.25, 0.3) is 11.1 Å². The second-order valence-electron chi connectivity index (χ2n) is 8.12. The normalized spacial score (nSPS) is 11.1. The number of halogens is 3. The van der Waals surface area contributed by atoms with Crippen LogP contribution >= 0.6 is 0 Å². The monoisotopic (exact) mass is 499 g/mol. The number of carbonyl (C=O) groups excluding carboxylic acids is 2. The maximum absolute atomic E-state index is 13.5. The Morgan fingerprint density at radius 1 is 1.03 bits per heavy atom. The van der Waals surface area contributed by atoms with E-state index in [0.29, 0.717) is 33.5 Å². The number of H-pyrrole nitrogens is 1. The summed E-state index contributed by atoms with van der Waals surface area (Å²) in [6.45, 7) is 8.37. The number of aromatic nitrogens is 1. The maximum Gasteiger partial charge on any atom is 0.573 e. The standard InChI is InChI=1S/C26H24F3N3O4/c1-5-23(33)31-32(14-22-16(3)12-17(4)30-24(22)34)25(35)21-13-19(7-6-15(21)2)18-8-10-20(11-9-18)36-26(27,28)29/h5-13H,1,14H2,2-4H3,(H,30,34)(H,31,33). The number of pyridine rings is 1. The van der Waals surface area contributed by atoms with E-state index in [1.807, 2.05) is 0 Å². The van der Waals surface area contributed by atoms with Gasteiger partial charge in [0.15, 0.2) is 0 Å². The number of hydrazine groups is 1. The molecule has 0 saturated carbocycles. The first-order valence-corrected chi connectivity index (χ1v) is 10.8. The van der Waals surface area contributed by atoms with Crippen molar-refractivity contribution in [3.8, 4) is 16.9 Å². The molecule has 1 heterocycles. The minimum Gasteiger partial charge on any atom is -0.406 e. The van der Waals surface area contributed by atoms with Crippen LogP contribution in [0.3, 0.4) is 0 Å². The van der Waals surface area contributed by atoms with Crippen molar-refractivity contribution in [2.45, 2.75) is 33.7 Å². The lowest BCUT2D eigenvalue weighted by Gasteiger charge is -2.24. The van der Waals surface area contributed by atoms with Crippen molar-refractivity contribution in [3.63, 3.8) is 0 Å². The van der Waals surface area contributed by atoms with Crippen molar-refractivity contribution in [2.75, 3.05) is 0 Å². The van der Waals surface area contributed by atoms with Crippen LogP contribution in [0.1, 0.15) is 32.7 Å². The molecular formula is C26H24F3N3O4. The Morgan fingerprint density at radius 2 is 1.67 bits per heavy atom. The van der Waals surface area contributed by atoms with Gasteiger partial charge in [-0.2, -0.15) is 0 Å². The highest BCUT2D eigenvalue weighted by Crippen LogP contribution is 2.28. The molecule has 0 radical (unpaired) electrons. The van der Waals surface area contributed by atoms with Crippen LogP contribution < -0.4 is 15.7 Å². The van der Waals surface area contributed by atoms with Gasteiger partial charge < -0.3 is 9.72 Å². The van der Waals surface area contributed by atoms with E-state index < -0.39 is 18.2 Å². The third-order valence-corrected chi connectivity index (χ3v) is 5.37. The lowest BCUT2D eigenvalue weighted by atomic mass is 9.99. The lowest BCUT2D eigenvalue weighted by Crippen LogP contribution is -2.46. The summed E-state index contributed by atoms with van der Waals surface area (Å²) in [6, 6.07) is 11.9. The summed E-state index contributed by atoms with van der Waals surface area (Å²) in [6.07, 6.45) is -3.80. The number of aryl methyl sites for hydroxylation is 3. The summed E-state index contributed by atoms with van der Waals surface area (Å²) in [4.78, 5) is 40.8. The van der Waals surface area contributed by atoms with Crippen LogP contribution in [0.15, 0.2) is 66.0 Å². The van der Waals surface area contributed by atoms with Gasteiger partial charge in [-0.3, -0.25) is 19.8 Å². The molecule has 0 aliphatic heterocycles. The zero-order chi connectivity index (χ0) is 26.6. The number of hydrogen-bond acceptors (Lipinski definition) is 4. The predicted molar refractivity (Wildman–Crippen MR) is 128 cm³/mol. The van der Waals surface area contributed by atoms with Crippen LogP contribution in [0.4, 0.5) is 13.2 Å². The van der Waals surface area contributed by atoms with Crippen LogP contribution in [0.2, 0.25) is 0 Å². The molecule has 2 N–H and O–H groups in total. The summed E-state index contributed by atoms with van der Waals surface area (Å²) in [7, 11) is 0. The Labute approximate surface area is 205 Å². The Bertz CT molecular complexity index is 1360. The minimum atomic E-state index is -4.80. The molecule has 0 aliphatic rings. The molecule has 2 aromatic carbocycles. The first-order chi connectivity index (χ1) is 16.9. The van der Waals surface area contributed by atoms with E-state index in [9.17, 15) is 27.6 Å². The number of carbonyl (C=O) groups is 2. The lowest BCUT2D eigenvalue weighted by molar-refractivity contribution is -0.274. The Morgan fingerprint density at radius 3 is 2.25 bits per heavy atom. The highest BCUT2D eigenvalue weighted by Gasteiger charge is 2.31. The maximum atomic E-state index is 13.5. The van der Waals surface area contributed by atoms with Gasteiger partial charge in [-0.05, 0) is 73.4 Å². The first-order valence-electron chi connectivity index (χ1n) is 10.8. The number of ether oxygens (including phenoxy) is 1. The molecular weight excluding hydrogens is 475 g/mol. The molecule has 10 heteroatoms. The Balaban J connectivity index is 1.97. The number of amides is 2. The Hall–Kier alpha value is -4.34. The van der Waals surface area contributed by atoms with Crippen molar-refractivity contribution in [3.05, 3.63) is 99.5 Å². The van der Waals surface area contributed by atoms with Crippen LogP contribution in [-0.2, 0) is 11.3 Å². The quantitative estimate of drug-likeness (QED) is 0.379. The second kappa shape index (κ2) is 10.5. The summed E-state index contributed by atoms with van der Waals surface area (Å²) in [5.41, 5.74) is 5.59. The second-order valence-corrected chi connectivity index (χ2v) is 8.12. The number of rotatable bonds is 6. The van der Waals surface area contributed by atoms with Gasteiger partial charge in [0.25, 0.3) is 17.4 Å². The van der Waals surface area contributed by atoms with Gasteiger partial charge in [-0.25, -0.2) is 5.01 Å². The molecule has 0 atom stereocenters. The molecule has 3 aromatic rings. The number of nitrogens with one attached hydrogen (secondary N) is 2. The van der Waals surface area contributed by atoms with E-state index in [4.69, 9.17) is 0 Å². The topological polar surface area (TPSA) is 91.5 Å². The van der Waals surface area contributed by atoms with E-state index in [1.54, 1.807) is 45.0 Å². The van der Waals surface area contributed by atoms with Gasteiger partial charge in [0, 0.05) is 16.8 Å². The number of hydrogen-bond donors (Lipinski definition) is 2. The van der Waals surface area contributed by atoms with E-state index in [2.05, 4.69) is 21.7 Å². The van der Waals surface area contributed by atoms with Crippen LogP contribution in [0.5, 0.6) is 5.75 Å². The average Bonchev–Trinajstić information content (AvgIpc) is 2.79. The van der Waals surface area contributed by atoms with Crippen molar-refractivity contribution in [1.29, 1.82) is 0 Å². The van der Waals surface area contributed by atoms with E-state index in [1.165, 1.54) is 24.3 Å². The van der Waals surface area contributed by atoms with E-state index in [-0.39, 0.29) is 23.4 Å². The van der Waals surface area contributed by atoms with Gasteiger partial charge in [-0.1, -0.05) is 30.8 Å². The molecule has 2 amide bonds. The zero-order valence-electron chi connectivity index (χ0n) is 19.8. The SMILES string of the molecule is C=CC(=O)NN(Cc1c(C)cc(C)[nH]c1=O)C(=O)c1cc(-c2ccc(OC(F)(F)F)cc2)ccc1C. The van der Waals surface area contributed by atoms with Crippen LogP contribution in [-0.4, -0.2) is 28.2 Å². The molecule has 7 nitrogen and oxygen atoms in total. The number of nitrogens with zero attached hydrogens (tertiary/aromatic N) is 1. The molecule has 188 valence electrons. The van der Waals surface area contributed by atoms with Crippen molar-refractivity contribution < 1.29 is 27.5 Å². The van der Waals surface area contributed by atoms with Crippen molar-refractivity contribution in [2.24, 2.45) is 0 Å². The van der Waals surface area contributed by atoms with Gasteiger partial charge >= 0.3 is 6.36 Å². The average molecular weight is 499 g/mol.